The highest BCUT2D eigenvalue weighted by Crippen LogP contribution is 2.31. The van der Waals surface area contributed by atoms with Crippen LogP contribution in [0.1, 0.15) is 34.5 Å². The van der Waals surface area contributed by atoms with Gasteiger partial charge in [0.15, 0.2) is 0 Å². The van der Waals surface area contributed by atoms with Crippen LogP contribution in [0.25, 0.3) is 22.3 Å². The Kier molecular flexibility index (Phi) is 8.43. The van der Waals surface area contributed by atoms with E-state index in [1.807, 2.05) is 37.3 Å². The van der Waals surface area contributed by atoms with Crippen LogP contribution in [0, 0.1) is 6.92 Å². The summed E-state index contributed by atoms with van der Waals surface area (Å²) in [6.45, 7) is 10.9. The minimum absolute atomic E-state index is 0.0962. The lowest BCUT2D eigenvalue weighted by molar-refractivity contribution is -0.117. The Morgan fingerprint density at radius 1 is 1.12 bits per heavy atom. The molecule has 43 heavy (non-hydrogen) atoms. The van der Waals surface area contributed by atoms with Crippen molar-refractivity contribution >= 4 is 34.4 Å². The molecule has 2 fully saturated rings. The molecule has 2 aliphatic rings. The molecule has 222 valence electrons. The van der Waals surface area contributed by atoms with Gasteiger partial charge in [0.25, 0.3) is 5.91 Å². The van der Waals surface area contributed by atoms with E-state index in [0.29, 0.717) is 25.5 Å². The molecular formula is C32H36N8O3. The van der Waals surface area contributed by atoms with E-state index in [9.17, 15) is 9.59 Å². The maximum atomic E-state index is 13.2. The number of nitrogens with one attached hydrogen (secondary N) is 3. The summed E-state index contributed by atoms with van der Waals surface area (Å²) < 4.78 is 5.50. The highest BCUT2D eigenvalue weighted by atomic mass is 16.5. The average molecular weight is 581 g/mol. The molecule has 1 atom stereocenters. The first-order chi connectivity index (χ1) is 21.0. The third-order valence-corrected chi connectivity index (χ3v) is 8.00. The number of carbonyl (C=O) groups is 2. The summed E-state index contributed by atoms with van der Waals surface area (Å²) in [6, 6.07) is 11.9. The molecule has 11 nitrogen and oxygen atoms in total. The molecule has 1 aromatic carbocycles. The first kappa shape index (κ1) is 28.5. The topological polar surface area (TPSA) is 128 Å². The van der Waals surface area contributed by atoms with E-state index in [1.54, 1.807) is 12.5 Å². The van der Waals surface area contributed by atoms with Gasteiger partial charge >= 0.3 is 0 Å². The number of anilines is 2. The molecule has 3 N–H and O–H groups in total. The molecule has 2 amide bonds. The highest BCUT2D eigenvalue weighted by molar-refractivity contribution is 6.03. The number of carbonyl (C=O) groups excluding carboxylic acids is 2. The predicted molar refractivity (Wildman–Crippen MR) is 166 cm³/mol. The van der Waals surface area contributed by atoms with Crippen LogP contribution < -0.4 is 15.5 Å². The number of aromatic nitrogens is 4. The van der Waals surface area contributed by atoms with Crippen molar-refractivity contribution in [1.82, 2.24) is 30.2 Å². The van der Waals surface area contributed by atoms with E-state index in [2.05, 4.69) is 53.0 Å². The van der Waals surface area contributed by atoms with Crippen molar-refractivity contribution in [2.45, 2.75) is 32.4 Å². The number of rotatable bonds is 8. The molecule has 2 saturated heterocycles. The number of morpholine rings is 1. The van der Waals surface area contributed by atoms with E-state index in [0.717, 1.165) is 83.9 Å². The van der Waals surface area contributed by atoms with Crippen molar-refractivity contribution in [2.75, 3.05) is 49.6 Å². The SMILES string of the molecule is C=CC(=O)NC1CCCN(Cc2ccnc(C(=O)Nc3ccc(-c4cc5c(N6CCOCC6)ncnc5[nH]4)cc3C)c2)C1. The lowest BCUT2D eigenvalue weighted by Gasteiger charge is -2.33. The fourth-order valence-electron chi connectivity index (χ4n) is 5.80. The number of H-pyrrole nitrogens is 1. The van der Waals surface area contributed by atoms with Crippen molar-refractivity contribution in [3.8, 4) is 11.3 Å². The Labute approximate surface area is 250 Å². The van der Waals surface area contributed by atoms with Gasteiger partial charge in [0, 0.05) is 49.8 Å². The largest absolute Gasteiger partial charge is 0.378 e. The molecule has 5 heterocycles. The Morgan fingerprint density at radius 3 is 2.79 bits per heavy atom. The van der Waals surface area contributed by atoms with Crippen molar-refractivity contribution in [3.63, 3.8) is 0 Å². The summed E-state index contributed by atoms with van der Waals surface area (Å²) >= 11 is 0. The van der Waals surface area contributed by atoms with Crippen LogP contribution in [0.4, 0.5) is 11.5 Å². The normalized spacial score (nSPS) is 17.5. The van der Waals surface area contributed by atoms with E-state index in [-0.39, 0.29) is 17.9 Å². The molecule has 3 aromatic heterocycles. The summed E-state index contributed by atoms with van der Waals surface area (Å²) in [4.78, 5) is 46.2. The molecular weight excluding hydrogens is 544 g/mol. The number of hydrogen-bond donors (Lipinski definition) is 3. The predicted octanol–water partition coefficient (Wildman–Crippen LogP) is 3.68. The van der Waals surface area contributed by atoms with E-state index < -0.39 is 0 Å². The van der Waals surface area contributed by atoms with Gasteiger partial charge in [-0.2, -0.15) is 0 Å². The number of amides is 2. The maximum Gasteiger partial charge on any atom is 0.274 e. The van der Waals surface area contributed by atoms with Crippen LogP contribution in [-0.4, -0.2) is 82.1 Å². The van der Waals surface area contributed by atoms with Crippen LogP contribution in [0.2, 0.25) is 0 Å². The van der Waals surface area contributed by atoms with Gasteiger partial charge in [0.1, 0.15) is 23.5 Å². The average Bonchev–Trinajstić information content (AvgIpc) is 3.47. The summed E-state index contributed by atoms with van der Waals surface area (Å²) in [7, 11) is 0. The number of aromatic amines is 1. The minimum Gasteiger partial charge on any atom is -0.378 e. The minimum atomic E-state index is -0.261. The second-order valence-corrected chi connectivity index (χ2v) is 11.1. The van der Waals surface area contributed by atoms with Crippen LogP contribution >= 0.6 is 0 Å². The Balaban J connectivity index is 1.13. The number of ether oxygens (including phenoxy) is 1. The molecule has 0 spiro atoms. The third kappa shape index (κ3) is 6.58. The summed E-state index contributed by atoms with van der Waals surface area (Å²) in [6.07, 6.45) is 6.51. The second-order valence-electron chi connectivity index (χ2n) is 11.1. The maximum absolute atomic E-state index is 13.2. The molecule has 0 saturated carbocycles. The number of benzene rings is 1. The first-order valence-corrected chi connectivity index (χ1v) is 14.7. The molecule has 2 aliphatic heterocycles. The number of aryl methyl sites for hydroxylation is 1. The Bertz CT molecular complexity index is 1640. The van der Waals surface area contributed by atoms with Crippen LogP contribution in [0.15, 0.2) is 61.6 Å². The van der Waals surface area contributed by atoms with Crippen LogP contribution in [0.5, 0.6) is 0 Å². The number of fused-ring (bicyclic) bond motifs is 1. The zero-order valence-corrected chi connectivity index (χ0v) is 24.3. The van der Waals surface area contributed by atoms with Gasteiger partial charge in [-0.1, -0.05) is 12.6 Å². The quantitative estimate of drug-likeness (QED) is 0.269. The summed E-state index contributed by atoms with van der Waals surface area (Å²) in [5, 5.41) is 7.00. The molecule has 11 heteroatoms. The number of likely N-dealkylation sites (tertiary alicyclic amines) is 1. The lowest BCUT2D eigenvalue weighted by Crippen LogP contribution is -2.46. The number of hydrogen-bond acceptors (Lipinski definition) is 8. The van der Waals surface area contributed by atoms with Gasteiger partial charge in [-0.3, -0.25) is 19.5 Å². The van der Waals surface area contributed by atoms with Crippen LogP contribution in [-0.2, 0) is 16.1 Å². The molecule has 0 aliphatic carbocycles. The standard InChI is InChI=1S/C32H36N8O3/c1-3-29(41)36-24-5-4-10-39(19-24)18-22-8-9-33-28(16-22)32(42)38-26-7-6-23(15-21(26)2)27-17-25-30(37-27)34-20-35-31(25)40-11-13-43-14-12-40/h3,6-9,15-17,20,24H,1,4-5,10-14,18-19H2,2H3,(H,36,41)(H,38,42)(H,34,35,37). The number of pyridine rings is 1. The zero-order valence-electron chi connectivity index (χ0n) is 24.3. The molecule has 6 rings (SSSR count). The Hall–Kier alpha value is -4.61. The van der Waals surface area contributed by atoms with Crippen molar-refractivity contribution in [2.24, 2.45) is 0 Å². The summed E-state index contributed by atoms with van der Waals surface area (Å²) in [5.41, 5.74) is 5.73. The third-order valence-electron chi connectivity index (χ3n) is 8.00. The van der Waals surface area contributed by atoms with Gasteiger partial charge in [-0.25, -0.2) is 9.97 Å². The van der Waals surface area contributed by atoms with Crippen LogP contribution in [0.3, 0.4) is 0 Å². The smallest absolute Gasteiger partial charge is 0.274 e. The molecule has 4 aromatic rings. The fraction of sp³-hybridized carbons (Fsp3) is 0.344. The van der Waals surface area contributed by atoms with Gasteiger partial charge in [0.05, 0.1) is 18.6 Å². The highest BCUT2D eigenvalue weighted by Gasteiger charge is 2.22. The van der Waals surface area contributed by atoms with E-state index in [4.69, 9.17) is 4.74 Å². The van der Waals surface area contributed by atoms with Gasteiger partial charge < -0.3 is 25.3 Å². The zero-order chi connectivity index (χ0) is 29.8. The van der Waals surface area contributed by atoms with Crippen molar-refractivity contribution in [1.29, 1.82) is 0 Å². The van der Waals surface area contributed by atoms with E-state index in [1.165, 1.54) is 6.08 Å². The second kappa shape index (κ2) is 12.7. The fourth-order valence-corrected chi connectivity index (χ4v) is 5.80. The summed E-state index contributed by atoms with van der Waals surface area (Å²) in [5.74, 6) is 0.501. The lowest BCUT2D eigenvalue weighted by atomic mass is 10.0. The van der Waals surface area contributed by atoms with Crippen molar-refractivity contribution in [3.05, 3.63) is 78.4 Å². The first-order valence-electron chi connectivity index (χ1n) is 14.7. The van der Waals surface area contributed by atoms with Gasteiger partial charge in [-0.15, -0.1) is 0 Å². The molecule has 0 bridgehead atoms. The number of piperidine rings is 1. The monoisotopic (exact) mass is 580 g/mol. The van der Waals surface area contributed by atoms with Gasteiger partial charge in [-0.05, 0) is 79.4 Å². The van der Waals surface area contributed by atoms with Crippen molar-refractivity contribution < 1.29 is 14.3 Å². The van der Waals surface area contributed by atoms with Gasteiger partial charge in [0.2, 0.25) is 5.91 Å². The molecule has 1 unspecified atom stereocenters. The number of nitrogens with zero attached hydrogens (tertiary/aromatic N) is 5. The molecule has 0 radical (unpaired) electrons. The Morgan fingerprint density at radius 2 is 1.98 bits per heavy atom. The van der Waals surface area contributed by atoms with E-state index >= 15 is 0 Å².